The molecule has 0 N–H and O–H groups in total. The van der Waals surface area contributed by atoms with Gasteiger partial charge >= 0.3 is 0 Å². The van der Waals surface area contributed by atoms with Crippen LogP contribution in [0.15, 0.2) is 30.5 Å². The maximum Gasteiger partial charge on any atom is 0.168 e. The Hall–Kier alpha value is -1.61. The summed E-state index contributed by atoms with van der Waals surface area (Å²) in [6.07, 6.45) is 2.32. The van der Waals surface area contributed by atoms with E-state index in [9.17, 15) is 4.79 Å². The fourth-order valence-electron chi connectivity index (χ4n) is 1.43. The lowest BCUT2D eigenvalue weighted by Crippen LogP contribution is -1.96. The van der Waals surface area contributed by atoms with Crippen LogP contribution in [0.5, 0.6) is 0 Å². The van der Waals surface area contributed by atoms with Crippen molar-refractivity contribution in [2.45, 2.75) is 0 Å². The Morgan fingerprint density at radius 1 is 1.47 bits per heavy atom. The van der Waals surface area contributed by atoms with E-state index in [1.807, 2.05) is 18.2 Å². The van der Waals surface area contributed by atoms with Crippen LogP contribution < -0.4 is 0 Å². The van der Waals surface area contributed by atoms with E-state index >= 15 is 0 Å². The van der Waals surface area contributed by atoms with Crippen molar-refractivity contribution < 1.29 is 4.79 Å². The van der Waals surface area contributed by atoms with Gasteiger partial charge in [-0.25, -0.2) is 4.98 Å². The van der Waals surface area contributed by atoms with Gasteiger partial charge < -0.3 is 4.57 Å². The number of carbonyl (C=O) groups excluding carboxylic acids is 1. The molecule has 2 rings (SSSR count). The summed E-state index contributed by atoms with van der Waals surface area (Å²) in [5.74, 6) is 0.736. The first-order chi connectivity index (χ1) is 7.22. The number of nitrogens with zero attached hydrogens (tertiary/aromatic N) is 2. The SMILES string of the molecule is Cn1c(C=O)cnc1-c1cccc(Cl)c1. The standard InChI is InChI=1S/C11H9ClN2O/c1-14-10(7-15)6-13-11(14)8-3-2-4-9(12)5-8/h2-7H,1H3. The van der Waals surface area contributed by atoms with Crippen LogP contribution in [-0.2, 0) is 7.05 Å². The normalized spacial score (nSPS) is 10.3. The molecular weight excluding hydrogens is 212 g/mol. The molecule has 0 radical (unpaired) electrons. The second kappa shape index (κ2) is 3.87. The highest BCUT2D eigenvalue weighted by molar-refractivity contribution is 6.30. The summed E-state index contributed by atoms with van der Waals surface area (Å²) in [5.41, 5.74) is 1.45. The van der Waals surface area contributed by atoms with E-state index in [1.165, 1.54) is 0 Å². The van der Waals surface area contributed by atoms with Gasteiger partial charge in [-0.15, -0.1) is 0 Å². The number of aldehydes is 1. The minimum Gasteiger partial charge on any atom is -0.325 e. The predicted octanol–water partition coefficient (Wildman–Crippen LogP) is 2.55. The van der Waals surface area contributed by atoms with Crippen molar-refractivity contribution in [3.63, 3.8) is 0 Å². The molecule has 4 heteroatoms. The molecule has 15 heavy (non-hydrogen) atoms. The summed E-state index contributed by atoms with van der Waals surface area (Å²) < 4.78 is 1.73. The van der Waals surface area contributed by atoms with Gasteiger partial charge in [0.05, 0.1) is 6.20 Å². The van der Waals surface area contributed by atoms with Crippen molar-refractivity contribution in [1.82, 2.24) is 9.55 Å². The van der Waals surface area contributed by atoms with Gasteiger partial charge in [0, 0.05) is 17.6 Å². The van der Waals surface area contributed by atoms with Gasteiger partial charge in [-0.3, -0.25) is 4.79 Å². The lowest BCUT2D eigenvalue weighted by atomic mass is 10.2. The Balaban J connectivity index is 2.54. The molecule has 0 unspecified atom stereocenters. The molecule has 0 saturated heterocycles. The second-order valence-corrected chi connectivity index (χ2v) is 3.63. The number of hydrogen-bond acceptors (Lipinski definition) is 2. The third-order valence-electron chi connectivity index (χ3n) is 2.23. The van der Waals surface area contributed by atoms with Crippen LogP contribution in [0.25, 0.3) is 11.4 Å². The zero-order valence-electron chi connectivity index (χ0n) is 8.14. The van der Waals surface area contributed by atoms with E-state index < -0.39 is 0 Å². The summed E-state index contributed by atoms with van der Waals surface area (Å²) >= 11 is 5.88. The van der Waals surface area contributed by atoms with Crippen molar-refractivity contribution in [1.29, 1.82) is 0 Å². The monoisotopic (exact) mass is 220 g/mol. The van der Waals surface area contributed by atoms with Gasteiger partial charge in [0.15, 0.2) is 6.29 Å². The number of halogens is 1. The minimum atomic E-state index is 0.546. The van der Waals surface area contributed by atoms with Crippen LogP contribution in [0, 0.1) is 0 Å². The number of imidazole rings is 1. The topological polar surface area (TPSA) is 34.9 Å². The molecule has 0 aliphatic heterocycles. The fraction of sp³-hybridized carbons (Fsp3) is 0.0909. The number of carbonyl (C=O) groups is 1. The first kappa shape index (κ1) is 9.93. The second-order valence-electron chi connectivity index (χ2n) is 3.19. The Kier molecular flexibility index (Phi) is 2.56. The molecule has 0 aliphatic carbocycles. The van der Waals surface area contributed by atoms with Crippen molar-refractivity contribution in [3.8, 4) is 11.4 Å². The largest absolute Gasteiger partial charge is 0.325 e. The first-order valence-corrected chi connectivity index (χ1v) is 4.83. The van der Waals surface area contributed by atoms with Crippen LogP contribution in [0.3, 0.4) is 0 Å². The van der Waals surface area contributed by atoms with Crippen molar-refractivity contribution in [2.24, 2.45) is 7.05 Å². The molecule has 1 heterocycles. The van der Waals surface area contributed by atoms with Crippen LogP contribution in [0.2, 0.25) is 5.02 Å². The van der Waals surface area contributed by atoms with Crippen LogP contribution in [0.1, 0.15) is 10.5 Å². The van der Waals surface area contributed by atoms with E-state index in [0.29, 0.717) is 10.7 Å². The van der Waals surface area contributed by atoms with Gasteiger partial charge in [-0.2, -0.15) is 0 Å². The summed E-state index contributed by atoms with van der Waals surface area (Å²) in [6.45, 7) is 0. The average Bonchev–Trinajstić information content (AvgIpc) is 2.59. The molecule has 0 amide bonds. The molecule has 0 saturated carbocycles. The Bertz CT molecular complexity index is 505. The van der Waals surface area contributed by atoms with Gasteiger partial charge in [-0.1, -0.05) is 23.7 Å². The third-order valence-corrected chi connectivity index (χ3v) is 2.46. The molecule has 0 fully saturated rings. The van der Waals surface area contributed by atoms with Crippen molar-refractivity contribution >= 4 is 17.9 Å². The molecule has 0 spiro atoms. The Labute approximate surface area is 92.3 Å². The number of aromatic nitrogens is 2. The minimum absolute atomic E-state index is 0.546. The maximum atomic E-state index is 10.7. The zero-order chi connectivity index (χ0) is 10.8. The molecule has 76 valence electrons. The fourth-order valence-corrected chi connectivity index (χ4v) is 1.62. The summed E-state index contributed by atoms with van der Waals surface area (Å²) in [7, 11) is 1.80. The lowest BCUT2D eigenvalue weighted by Gasteiger charge is -2.02. The predicted molar refractivity (Wildman–Crippen MR) is 59.0 cm³/mol. The number of rotatable bonds is 2. The lowest BCUT2D eigenvalue weighted by molar-refractivity contribution is 0.111. The van der Waals surface area contributed by atoms with Gasteiger partial charge in [0.25, 0.3) is 0 Å². The van der Waals surface area contributed by atoms with Gasteiger partial charge in [0.1, 0.15) is 11.5 Å². The van der Waals surface area contributed by atoms with Crippen LogP contribution in [-0.4, -0.2) is 15.8 Å². The van der Waals surface area contributed by atoms with Gasteiger partial charge in [-0.05, 0) is 12.1 Å². The molecular formula is C11H9ClN2O. The van der Waals surface area contributed by atoms with Gasteiger partial charge in [0.2, 0.25) is 0 Å². The highest BCUT2D eigenvalue weighted by Crippen LogP contribution is 2.21. The van der Waals surface area contributed by atoms with Crippen molar-refractivity contribution in [3.05, 3.63) is 41.2 Å². The summed E-state index contributed by atoms with van der Waals surface area (Å²) in [6, 6.07) is 7.38. The number of hydrogen-bond donors (Lipinski definition) is 0. The average molecular weight is 221 g/mol. The molecule has 1 aromatic heterocycles. The van der Waals surface area contributed by atoms with Crippen LogP contribution >= 0.6 is 11.6 Å². The van der Waals surface area contributed by atoms with E-state index in [-0.39, 0.29) is 0 Å². The van der Waals surface area contributed by atoms with E-state index in [4.69, 9.17) is 11.6 Å². The van der Waals surface area contributed by atoms with E-state index in [2.05, 4.69) is 4.98 Å². The van der Waals surface area contributed by atoms with Crippen molar-refractivity contribution in [2.75, 3.05) is 0 Å². The number of benzene rings is 1. The highest BCUT2D eigenvalue weighted by Gasteiger charge is 2.07. The van der Waals surface area contributed by atoms with E-state index in [0.717, 1.165) is 17.7 Å². The molecule has 0 atom stereocenters. The summed E-state index contributed by atoms with van der Waals surface area (Å²) in [5, 5.41) is 0.656. The third kappa shape index (κ3) is 1.78. The van der Waals surface area contributed by atoms with E-state index in [1.54, 1.807) is 23.9 Å². The highest BCUT2D eigenvalue weighted by atomic mass is 35.5. The summed E-state index contributed by atoms with van der Waals surface area (Å²) in [4.78, 5) is 14.8. The molecule has 2 aromatic rings. The molecule has 0 bridgehead atoms. The van der Waals surface area contributed by atoms with Crippen LogP contribution in [0.4, 0.5) is 0 Å². The smallest absolute Gasteiger partial charge is 0.168 e. The Morgan fingerprint density at radius 2 is 2.27 bits per heavy atom. The first-order valence-electron chi connectivity index (χ1n) is 4.45. The molecule has 1 aromatic carbocycles. The quantitative estimate of drug-likeness (QED) is 0.729. The zero-order valence-corrected chi connectivity index (χ0v) is 8.90. The molecule has 0 aliphatic rings. The Morgan fingerprint density at radius 3 is 2.87 bits per heavy atom. The maximum absolute atomic E-state index is 10.7. The molecule has 3 nitrogen and oxygen atoms in total.